The van der Waals surface area contributed by atoms with Gasteiger partial charge in [0, 0.05) is 23.5 Å². The Hall–Kier alpha value is -1.83. The maximum Gasteiger partial charge on any atom is 0.192 e. The highest BCUT2D eigenvalue weighted by Crippen LogP contribution is 2.36. The Morgan fingerprint density at radius 2 is 2.19 bits per heavy atom. The van der Waals surface area contributed by atoms with Gasteiger partial charge in [-0.15, -0.1) is 11.3 Å². The zero-order valence-electron chi connectivity index (χ0n) is 13.7. The maximum atomic E-state index is 14.5. The number of nitrogens with zero attached hydrogens (tertiary/aromatic N) is 2. The lowest BCUT2D eigenvalue weighted by Crippen LogP contribution is -2.18. The van der Waals surface area contributed by atoms with Crippen molar-refractivity contribution in [3.05, 3.63) is 64.1 Å². The first-order valence-corrected chi connectivity index (χ1v) is 10.3. The number of aryl methyl sites for hydroxylation is 1. The SMILES string of the molecule is Fc1cc(NC2CCCc3ncccc32)c(Cl)cc1SNc1nccs1. The largest absolute Gasteiger partial charge is 0.377 e. The standard InChI is InChI=1S/C18H16ClFN4S2/c19-12-9-17(26-24-18-22-7-8-25-18)13(20)10-16(12)23-15-5-1-4-14-11(15)3-2-6-21-14/h2-3,6-10,15,23H,1,4-5H2,(H,22,24). The minimum absolute atomic E-state index is 0.0938. The second kappa shape index (κ2) is 7.82. The van der Waals surface area contributed by atoms with Crippen LogP contribution in [0, 0.1) is 5.82 Å². The van der Waals surface area contributed by atoms with Crippen LogP contribution in [0.2, 0.25) is 5.02 Å². The maximum absolute atomic E-state index is 14.5. The smallest absolute Gasteiger partial charge is 0.192 e. The summed E-state index contributed by atoms with van der Waals surface area (Å²) in [6.45, 7) is 0. The number of aromatic nitrogens is 2. The molecule has 1 unspecified atom stereocenters. The van der Waals surface area contributed by atoms with Crippen molar-refractivity contribution in [1.29, 1.82) is 0 Å². The molecule has 0 spiro atoms. The van der Waals surface area contributed by atoms with Gasteiger partial charge in [-0.25, -0.2) is 9.37 Å². The van der Waals surface area contributed by atoms with E-state index in [1.807, 2.05) is 17.6 Å². The third-order valence-corrected chi connectivity index (χ3v) is 6.20. The highest BCUT2D eigenvalue weighted by atomic mass is 35.5. The summed E-state index contributed by atoms with van der Waals surface area (Å²) in [5, 5.41) is 6.46. The number of thiazole rings is 1. The van der Waals surface area contributed by atoms with Crippen molar-refractivity contribution in [1.82, 2.24) is 9.97 Å². The Labute approximate surface area is 164 Å². The van der Waals surface area contributed by atoms with E-state index in [1.165, 1.54) is 23.0 Å². The normalized spacial score (nSPS) is 16.2. The van der Waals surface area contributed by atoms with Crippen LogP contribution in [0.5, 0.6) is 0 Å². The minimum atomic E-state index is -0.326. The fourth-order valence-electron chi connectivity index (χ4n) is 3.03. The topological polar surface area (TPSA) is 49.8 Å². The number of benzene rings is 1. The molecule has 2 aromatic heterocycles. The van der Waals surface area contributed by atoms with Crippen LogP contribution < -0.4 is 10.0 Å². The van der Waals surface area contributed by atoms with Gasteiger partial charge in [0.2, 0.25) is 0 Å². The molecule has 1 atom stereocenters. The molecule has 0 saturated heterocycles. The molecule has 0 saturated carbocycles. The Morgan fingerprint density at radius 3 is 3.04 bits per heavy atom. The number of hydrogen-bond acceptors (Lipinski definition) is 6. The first-order valence-electron chi connectivity index (χ1n) is 8.22. The molecule has 26 heavy (non-hydrogen) atoms. The average Bonchev–Trinajstić information content (AvgIpc) is 3.17. The van der Waals surface area contributed by atoms with Crippen molar-refractivity contribution in [2.45, 2.75) is 30.2 Å². The molecule has 8 heteroatoms. The lowest BCUT2D eigenvalue weighted by molar-refractivity contribution is 0.584. The molecule has 2 heterocycles. The Morgan fingerprint density at radius 1 is 1.27 bits per heavy atom. The van der Waals surface area contributed by atoms with Crippen LogP contribution in [-0.4, -0.2) is 9.97 Å². The molecule has 0 amide bonds. The first-order chi connectivity index (χ1) is 12.7. The number of nitrogens with one attached hydrogen (secondary N) is 2. The van der Waals surface area contributed by atoms with Crippen molar-refractivity contribution in [3.8, 4) is 0 Å². The lowest BCUT2D eigenvalue weighted by atomic mass is 9.91. The van der Waals surface area contributed by atoms with Crippen molar-refractivity contribution < 1.29 is 4.39 Å². The summed E-state index contributed by atoms with van der Waals surface area (Å²) in [4.78, 5) is 8.99. The van der Waals surface area contributed by atoms with Gasteiger partial charge >= 0.3 is 0 Å². The van der Waals surface area contributed by atoms with Crippen molar-refractivity contribution in [2.24, 2.45) is 0 Å². The van der Waals surface area contributed by atoms with Crippen LogP contribution in [0.15, 0.2) is 46.9 Å². The summed E-state index contributed by atoms with van der Waals surface area (Å²) in [5.41, 5.74) is 2.87. The van der Waals surface area contributed by atoms with Gasteiger partial charge < -0.3 is 10.0 Å². The molecule has 1 aliphatic rings. The van der Waals surface area contributed by atoms with Gasteiger partial charge in [0.25, 0.3) is 0 Å². The summed E-state index contributed by atoms with van der Waals surface area (Å²) in [7, 11) is 0. The van der Waals surface area contributed by atoms with E-state index in [0.29, 0.717) is 15.6 Å². The highest BCUT2D eigenvalue weighted by Gasteiger charge is 2.22. The molecule has 2 N–H and O–H groups in total. The zero-order chi connectivity index (χ0) is 17.9. The summed E-state index contributed by atoms with van der Waals surface area (Å²) in [6.07, 6.45) is 6.51. The number of pyridine rings is 1. The van der Waals surface area contributed by atoms with Gasteiger partial charge in [-0.3, -0.25) is 4.98 Å². The van der Waals surface area contributed by atoms with Crippen molar-refractivity contribution >= 4 is 45.7 Å². The zero-order valence-corrected chi connectivity index (χ0v) is 16.1. The predicted octanol–water partition coefficient (Wildman–Crippen LogP) is 5.94. The summed E-state index contributed by atoms with van der Waals surface area (Å²) in [5.74, 6) is -0.326. The fraction of sp³-hybridized carbons (Fsp3) is 0.222. The van der Waals surface area contributed by atoms with Gasteiger partial charge in [-0.1, -0.05) is 17.7 Å². The average molecular weight is 407 g/mol. The molecule has 0 bridgehead atoms. The lowest BCUT2D eigenvalue weighted by Gasteiger charge is -2.27. The van der Waals surface area contributed by atoms with E-state index in [0.717, 1.165) is 42.0 Å². The van der Waals surface area contributed by atoms with Gasteiger partial charge in [-0.05, 0) is 55.0 Å². The predicted molar refractivity (Wildman–Crippen MR) is 107 cm³/mol. The van der Waals surface area contributed by atoms with E-state index < -0.39 is 0 Å². The molecule has 0 radical (unpaired) electrons. The van der Waals surface area contributed by atoms with Crippen LogP contribution in [0.1, 0.15) is 30.1 Å². The summed E-state index contributed by atoms with van der Waals surface area (Å²) in [6, 6.07) is 7.20. The third-order valence-electron chi connectivity index (χ3n) is 4.24. The molecule has 134 valence electrons. The highest BCUT2D eigenvalue weighted by molar-refractivity contribution is 8.00. The quantitative estimate of drug-likeness (QED) is 0.513. The Bertz CT molecular complexity index is 904. The molecular weight excluding hydrogens is 391 g/mol. The molecule has 4 rings (SSSR count). The van der Waals surface area contributed by atoms with Gasteiger partial charge in [-0.2, -0.15) is 0 Å². The van der Waals surface area contributed by atoms with Crippen LogP contribution in [-0.2, 0) is 6.42 Å². The molecule has 0 fully saturated rings. The van der Waals surface area contributed by atoms with E-state index in [1.54, 1.807) is 12.3 Å². The summed E-state index contributed by atoms with van der Waals surface area (Å²) >= 11 is 9.03. The van der Waals surface area contributed by atoms with Gasteiger partial charge in [0.05, 0.1) is 21.6 Å². The molecule has 1 aliphatic carbocycles. The number of hydrogen-bond donors (Lipinski definition) is 2. The first kappa shape index (κ1) is 17.6. The van der Waals surface area contributed by atoms with Gasteiger partial charge in [0.15, 0.2) is 5.13 Å². The van der Waals surface area contributed by atoms with E-state index in [-0.39, 0.29) is 11.9 Å². The van der Waals surface area contributed by atoms with Crippen LogP contribution in [0.4, 0.5) is 15.2 Å². The van der Waals surface area contributed by atoms with Crippen LogP contribution in [0.3, 0.4) is 0 Å². The number of anilines is 2. The fourth-order valence-corrected chi connectivity index (χ4v) is 4.59. The molecular formula is C18H16ClFN4S2. The number of fused-ring (bicyclic) bond motifs is 1. The second-order valence-electron chi connectivity index (χ2n) is 5.93. The van der Waals surface area contributed by atoms with E-state index >= 15 is 0 Å². The van der Waals surface area contributed by atoms with Crippen LogP contribution >= 0.6 is 34.9 Å². The van der Waals surface area contributed by atoms with E-state index in [2.05, 4.69) is 26.1 Å². The molecule has 3 aromatic rings. The third kappa shape index (κ3) is 3.79. The Balaban J connectivity index is 1.52. The van der Waals surface area contributed by atoms with Crippen LogP contribution in [0.25, 0.3) is 0 Å². The number of rotatable bonds is 5. The summed E-state index contributed by atoms with van der Waals surface area (Å²) < 4.78 is 17.5. The van der Waals surface area contributed by atoms with Crippen molar-refractivity contribution in [3.63, 3.8) is 0 Å². The minimum Gasteiger partial charge on any atom is -0.377 e. The van der Waals surface area contributed by atoms with Gasteiger partial charge in [0.1, 0.15) is 5.82 Å². The Kier molecular flexibility index (Phi) is 5.28. The number of halogens is 2. The van der Waals surface area contributed by atoms with E-state index in [4.69, 9.17) is 11.6 Å². The second-order valence-corrected chi connectivity index (χ2v) is 8.08. The molecule has 4 nitrogen and oxygen atoms in total. The monoisotopic (exact) mass is 406 g/mol. The molecule has 0 aliphatic heterocycles. The van der Waals surface area contributed by atoms with E-state index in [9.17, 15) is 4.39 Å². The van der Waals surface area contributed by atoms with Crippen molar-refractivity contribution in [2.75, 3.05) is 10.0 Å². The molecule has 1 aromatic carbocycles.